The first kappa shape index (κ1) is 12.2. The van der Waals surface area contributed by atoms with Gasteiger partial charge in [0.1, 0.15) is 0 Å². The second kappa shape index (κ2) is 5.41. The minimum Gasteiger partial charge on any atom is -0.504 e. The van der Waals surface area contributed by atoms with Gasteiger partial charge >= 0.3 is 0 Å². The van der Waals surface area contributed by atoms with E-state index in [1.807, 2.05) is 19.1 Å². The molecule has 0 spiro atoms. The lowest BCUT2D eigenvalue weighted by atomic mass is 9.96. The summed E-state index contributed by atoms with van der Waals surface area (Å²) in [6, 6.07) is 4.56. The highest BCUT2D eigenvalue weighted by molar-refractivity contribution is 5.48. The van der Waals surface area contributed by atoms with E-state index in [9.17, 15) is 5.11 Å². The molecule has 94 valence electrons. The van der Waals surface area contributed by atoms with Crippen molar-refractivity contribution in [3.63, 3.8) is 0 Å². The van der Waals surface area contributed by atoms with Crippen LogP contribution in [0, 0.1) is 6.92 Å². The fraction of sp³-hybridized carbons (Fsp3) is 0.571. The monoisotopic (exact) mass is 235 g/mol. The van der Waals surface area contributed by atoms with E-state index in [2.05, 4.69) is 5.32 Å². The Balaban J connectivity index is 2.12. The molecular formula is C14H21NO2. The minimum absolute atomic E-state index is 0.257. The average molecular weight is 235 g/mol. The van der Waals surface area contributed by atoms with E-state index in [1.165, 1.54) is 24.8 Å². The summed E-state index contributed by atoms with van der Waals surface area (Å²) in [5, 5.41) is 13.3. The van der Waals surface area contributed by atoms with E-state index in [4.69, 9.17) is 4.74 Å². The summed E-state index contributed by atoms with van der Waals surface area (Å²) in [4.78, 5) is 0. The Hall–Kier alpha value is -1.22. The van der Waals surface area contributed by atoms with Crippen molar-refractivity contribution in [2.24, 2.45) is 0 Å². The van der Waals surface area contributed by atoms with Gasteiger partial charge in [0.2, 0.25) is 0 Å². The van der Waals surface area contributed by atoms with Gasteiger partial charge < -0.3 is 15.2 Å². The van der Waals surface area contributed by atoms with Crippen molar-refractivity contribution >= 4 is 0 Å². The quantitative estimate of drug-likeness (QED) is 0.845. The van der Waals surface area contributed by atoms with Crippen LogP contribution in [0.3, 0.4) is 0 Å². The molecular weight excluding hydrogens is 214 g/mol. The van der Waals surface area contributed by atoms with E-state index >= 15 is 0 Å². The Morgan fingerprint density at radius 3 is 2.88 bits per heavy atom. The van der Waals surface area contributed by atoms with Gasteiger partial charge in [-0.2, -0.15) is 0 Å². The summed E-state index contributed by atoms with van der Waals surface area (Å²) in [6.45, 7) is 3.04. The third-order valence-electron chi connectivity index (χ3n) is 3.44. The summed E-state index contributed by atoms with van der Waals surface area (Å²) in [6.07, 6.45) is 4.85. The van der Waals surface area contributed by atoms with E-state index in [1.54, 1.807) is 7.11 Å². The zero-order valence-corrected chi connectivity index (χ0v) is 10.6. The summed E-state index contributed by atoms with van der Waals surface area (Å²) in [7, 11) is 1.59. The molecule has 0 amide bonds. The summed E-state index contributed by atoms with van der Waals surface area (Å²) in [5.41, 5.74) is 2.12. The number of phenols is 1. The summed E-state index contributed by atoms with van der Waals surface area (Å²) < 4.78 is 5.19. The second-order valence-corrected chi connectivity index (χ2v) is 4.81. The highest BCUT2D eigenvalue weighted by Gasteiger charge is 2.15. The lowest BCUT2D eigenvalue weighted by Crippen LogP contribution is -2.35. The first-order chi connectivity index (χ1) is 8.20. The van der Waals surface area contributed by atoms with Gasteiger partial charge in [0.25, 0.3) is 0 Å². The molecule has 1 atom stereocenters. The topological polar surface area (TPSA) is 41.5 Å². The number of aryl methyl sites for hydroxylation is 1. The van der Waals surface area contributed by atoms with Crippen molar-refractivity contribution in [2.45, 2.75) is 38.6 Å². The molecule has 2 rings (SSSR count). The zero-order chi connectivity index (χ0) is 12.3. The van der Waals surface area contributed by atoms with Gasteiger partial charge in [0, 0.05) is 6.04 Å². The van der Waals surface area contributed by atoms with E-state index < -0.39 is 0 Å². The Bertz CT molecular complexity index is 384. The third-order valence-corrected chi connectivity index (χ3v) is 3.44. The number of methoxy groups -OCH3 is 1. The van der Waals surface area contributed by atoms with Crippen LogP contribution in [0.1, 0.15) is 30.4 Å². The van der Waals surface area contributed by atoms with Gasteiger partial charge in [-0.05, 0) is 49.9 Å². The maximum absolute atomic E-state index is 9.79. The van der Waals surface area contributed by atoms with Crippen LogP contribution in [-0.4, -0.2) is 24.8 Å². The van der Waals surface area contributed by atoms with Crippen molar-refractivity contribution in [1.82, 2.24) is 5.32 Å². The van der Waals surface area contributed by atoms with Crippen LogP contribution in [0.2, 0.25) is 0 Å². The first-order valence-corrected chi connectivity index (χ1v) is 6.30. The number of aromatic hydroxyl groups is 1. The van der Waals surface area contributed by atoms with Gasteiger partial charge in [-0.1, -0.05) is 12.5 Å². The number of phenolic OH excluding ortho intramolecular Hbond substituents is 1. The fourth-order valence-electron chi connectivity index (χ4n) is 2.48. The number of hydrogen-bond acceptors (Lipinski definition) is 3. The number of benzene rings is 1. The molecule has 1 aliphatic heterocycles. The molecule has 17 heavy (non-hydrogen) atoms. The number of hydrogen-bond donors (Lipinski definition) is 2. The molecule has 3 nitrogen and oxygen atoms in total. The smallest absolute Gasteiger partial charge is 0.161 e. The third kappa shape index (κ3) is 2.91. The normalized spacial score (nSPS) is 20.2. The summed E-state index contributed by atoms with van der Waals surface area (Å²) >= 11 is 0. The molecule has 1 aromatic carbocycles. The lowest BCUT2D eigenvalue weighted by Gasteiger charge is -2.23. The maximum atomic E-state index is 9.79. The first-order valence-electron chi connectivity index (χ1n) is 6.30. The highest BCUT2D eigenvalue weighted by Crippen LogP contribution is 2.31. The largest absolute Gasteiger partial charge is 0.504 e. The molecule has 0 radical (unpaired) electrons. The minimum atomic E-state index is 0.257. The predicted molar refractivity (Wildman–Crippen MR) is 68.7 cm³/mol. The van der Waals surface area contributed by atoms with Crippen molar-refractivity contribution in [3.8, 4) is 11.5 Å². The number of rotatable bonds is 3. The molecule has 1 saturated heterocycles. The number of piperidine rings is 1. The van der Waals surface area contributed by atoms with Gasteiger partial charge in [-0.25, -0.2) is 0 Å². The Kier molecular flexibility index (Phi) is 3.89. The maximum Gasteiger partial charge on any atom is 0.161 e. The second-order valence-electron chi connectivity index (χ2n) is 4.81. The van der Waals surface area contributed by atoms with Gasteiger partial charge in [-0.3, -0.25) is 0 Å². The average Bonchev–Trinajstić information content (AvgIpc) is 2.35. The van der Waals surface area contributed by atoms with E-state index in [-0.39, 0.29) is 5.75 Å². The van der Waals surface area contributed by atoms with Gasteiger partial charge in [0.05, 0.1) is 7.11 Å². The van der Waals surface area contributed by atoms with Crippen LogP contribution < -0.4 is 10.1 Å². The van der Waals surface area contributed by atoms with Gasteiger partial charge in [0.15, 0.2) is 11.5 Å². The Morgan fingerprint density at radius 1 is 1.41 bits per heavy atom. The van der Waals surface area contributed by atoms with Crippen molar-refractivity contribution in [3.05, 3.63) is 23.3 Å². The zero-order valence-electron chi connectivity index (χ0n) is 10.6. The van der Waals surface area contributed by atoms with Crippen LogP contribution in [0.4, 0.5) is 0 Å². The van der Waals surface area contributed by atoms with Crippen molar-refractivity contribution in [2.75, 3.05) is 13.7 Å². The van der Waals surface area contributed by atoms with E-state index in [0.717, 1.165) is 18.5 Å². The molecule has 3 heteroatoms. The molecule has 1 aromatic rings. The molecule has 0 bridgehead atoms. The van der Waals surface area contributed by atoms with Crippen LogP contribution in [-0.2, 0) is 6.42 Å². The predicted octanol–water partition coefficient (Wildman–Crippen LogP) is 2.39. The van der Waals surface area contributed by atoms with Crippen LogP contribution in [0.15, 0.2) is 12.1 Å². The standard InChI is InChI=1S/C14H21NO2/c1-10-7-11(9-13(17-2)14(10)16)8-12-5-3-4-6-15-12/h7,9,12,15-16H,3-6,8H2,1-2H3. The summed E-state index contributed by atoms with van der Waals surface area (Å²) in [5.74, 6) is 0.837. The van der Waals surface area contributed by atoms with Crippen molar-refractivity contribution < 1.29 is 9.84 Å². The Morgan fingerprint density at radius 2 is 2.24 bits per heavy atom. The Labute approximate surface area is 103 Å². The number of nitrogens with one attached hydrogen (secondary N) is 1. The molecule has 1 aliphatic rings. The molecule has 0 saturated carbocycles. The van der Waals surface area contributed by atoms with Crippen molar-refractivity contribution in [1.29, 1.82) is 0 Å². The lowest BCUT2D eigenvalue weighted by molar-refractivity contribution is 0.369. The molecule has 1 unspecified atom stereocenters. The molecule has 0 aliphatic carbocycles. The van der Waals surface area contributed by atoms with Gasteiger partial charge in [-0.15, -0.1) is 0 Å². The molecule has 2 N–H and O–H groups in total. The molecule has 0 aromatic heterocycles. The van der Waals surface area contributed by atoms with Crippen LogP contribution in [0.5, 0.6) is 11.5 Å². The fourth-order valence-corrected chi connectivity index (χ4v) is 2.48. The van der Waals surface area contributed by atoms with Crippen LogP contribution >= 0.6 is 0 Å². The molecule has 1 fully saturated rings. The van der Waals surface area contributed by atoms with Crippen LogP contribution in [0.25, 0.3) is 0 Å². The number of ether oxygens (including phenoxy) is 1. The SMILES string of the molecule is COc1cc(CC2CCCCN2)cc(C)c1O. The molecule has 1 heterocycles. The van der Waals surface area contributed by atoms with E-state index in [0.29, 0.717) is 11.8 Å². The highest BCUT2D eigenvalue weighted by atomic mass is 16.5.